The highest BCUT2D eigenvalue weighted by molar-refractivity contribution is 5.59. The summed E-state index contributed by atoms with van der Waals surface area (Å²) in [7, 11) is 0. The van der Waals surface area contributed by atoms with Crippen LogP contribution in [-0.2, 0) is 0 Å². The fraction of sp³-hybridized carbons (Fsp3) is 0. The monoisotopic (exact) mass is 222 g/mol. The predicted octanol–water partition coefficient (Wildman–Crippen LogP) is 3.40. The van der Waals surface area contributed by atoms with Crippen molar-refractivity contribution in [3.05, 3.63) is 61.1 Å². The molecular weight excluding hydrogens is 212 g/mol. The van der Waals surface area contributed by atoms with Crippen molar-refractivity contribution in [1.29, 1.82) is 0 Å². The van der Waals surface area contributed by atoms with Gasteiger partial charge in [-0.15, -0.1) is 0 Å². The first kappa shape index (κ1) is 9.78. The molecule has 0 radical (unpaired) electrons. The average molecular weight is 222 g/mol. The predicted molar refractivity (Wildman–Crippen MR) is 65.2 cm³/mol. The van der Waals surface area contributed by atoms with Crippen LogP contribution in [0.25, 0.3) is 22.7 Å². The van der Waals surface area contributed by atoms with Crippen LogP contribution in [0.4, 0.5) is 0 Å². The van der Waals surface area contributed by atoms with Crippen molar-refractivity contribution < 1.29 is 4.42 Å². The van der Waals surface area contributed by atoms with Gasteiger partial charge in [-0.25, -0.2) is 9.97 Å². The lowest BCUT2D eigenvalue weighted by molar-refractivity contribution is 0.582. The van der Waals surface area contributed by atoms with Gasteiger partial charge in [0.2, 0.25) is 0 Å². The van der Waals surface area contributed by atoms with Crippen LogP contribution in [0.5, 0.6) is 0 Å². The highest BCUT2D eigenvalue weighted by Crippen LogP contribution is 2.20. The van der Waals surface area contributed by atoms with Gasteiger partial charge in [-0.3, -0.25) is 0 Å². The Balaban J connectivity index is 1.96. The summed E-state index contributed by atoms with van der Waals surface area (Å²) in [6.07, 6.45) is 5.18. The van der Waals surface area contributed by atoms with Crippen LogP contribution in [0, 0.1) is 0 Å². The zero-order valence-electron chi connectivity index (χ0n) is 9.08. The molecule has 3 nitrogen and oxygen atoms in total. The van der Waals surface area contributed by atoms with E-state index in [-0.39, 0.29) is 0 Å². The van der Waals surface area contributed by atoms with Crippen LogP contribution in [-0.4, -0.2) is 9.97 Å². The van der Waals surface area contributed by atoms with E-state index in [0.717, 1.165) is 22.7 Å². The third-order valence-electron chi connectivity index (χ3n) is 2.49. The van der Waals surface area contributed by atoms with E-state index in [4.69, 9.17) is 4.42 Å². The largest absolute Gasteiger partial charge is 0.464 e. The second-order valence-electron chi connectivity index (χ2n) is 3.64. The molecule has 0 bridgehead atoms. The number of nitrogens with zero attached hydrogens (tertiary/aromatic N) is 2. The number of aromatic nitrogens is 2. The minimum absolute atomic E-state index is 0.723. The van der Waals surface area contributed by atoms with E-state index >= 15 is 0 Å². The molecule has 0 saturated carbocycles. The van der Waals surface area contributed by atoms with Crippen molar-refractivity contribution in [1.82, 2.24) is 9.97 Å². The molecule has 0 atom stereocenters. The minimum atomic E-state index is 0.723. The van der Waals surface area contributed by atoms with Gasteiger partial charge in [0.15, 0.2) is 5.82 Å². The summed E-state index contributed by atoms with van der Waals surface area (Å²) in [5.41, 5.74) is 1.90. The summed E-state index contributed by atoms with van der Waals surface area (Å²) < 4.78 is 5.29. The van der Waals surface area contributed by atoms with Gasteiger partial charge in [-0.05, 0) is 12.1 Å². The van der Waals surface area contributed by atoms with E-state index in [0.29, 0.717) is 0 Å². The molecule has 3 rings (SSSR count). The van der Waals surface area contributed by atoms with Crippen LogP contribution >= 0.6 is 0 Å². The Hall–Kier alpha value is -2.42. The standard InChI is InChI=1S/C14H10N2O/c1-2-5-11(6-3-1)14-15-9-12(10-16-14)13-7-4-8-17-13/h1-10H. The number of rotatable bonds is 2. The Kier molecular flexibility index (Phi) is 2.43. The van der Waals surface area contributed by atoms with Gasteiger partial charge < -0.3 is 4.42 Å². The second kappa shape index (κ2) is 4.22. The van der Waals surface area contributed by atoms with Gasteiger partial charge in [0, 0.05) is 18.0 Å². The highest BCUT2D eigenvalue weighted by atomic mass is 16.3. The van der Waals surface area contributed by atoms with Gasteiger partial charge in [-0.2, -0.15) is 0 Å². The summed E-state index contributed by atoms with van der Waals surface area (Å²) in [5.74, 6) is 1.51. The number of benzene rings is 1. The topological polar surface area (TPSA) is 38.9 Å². The zero-order chi connectivity index (χ0) is 11.5. The van der Waals surface area contributed by atoms with Crippen LogP contribution in [0.2, 0.25) is 0 Å². The maximum Gasteiger partial charge on any atom is 0.159 e. The van der Waals surface area contributed by atoms with Gasteiger partial charge >= 0.3 is 0 Å². The van der Waals surface area contributed by atoms with Crippen LogP contribution in [0.15, 0.2) is 65.5 Å². The maximum absolute atomic E-state index is 5.29. The van der Waals surface area contributed by atoms with E-state index in [2.05, 4.69) is 9.97 Å². The first-order valence-corrected chi connectivity index (χ1v) is 5.35. The van der Waals surface area contributed by atoms with Crippen LogP contribution in [0.1, 0.15) is 0 Å². The van der Waals surface area contributed by atoms with E-state index in [1.165, 1.54) is 0 Å². The van der Waals surface area contributed by atoms with E-state index in [1.54, 1.807) is 18.7 Å². The fourth-order valence-electron chi connectivity index (χ4n) is 1.63. The Labute approximate surface area is 98.8 Å². The van der Waals surface area contributed by atoms with Gasteiger partial charge in [0.1, 0.15) is 5.76 Å². The number of furan rings is 1. The molecule has 82 valence electrons. The quantitative estimate of drug-likeness (QED) is 0.667. The fourth-order valence-corrected chi connectivity index (χ4v) is 1.63. The average Bonchev–Trinajstić information content (AvgIpc) is 2.94. The SMILES string of the molecule is c1ccc(-c2ncc(-c3ccco3)cn2)cc1. The van der Waals surface area contributed by atoms with E-state index in [1.807, 2.05) is 42.5 Å². The molecule has 3 aromatic rings. The number of hydrogen-bond acceptors (Lipinski definition) is 3. The first-order valence-electron chi connectivity index (χ1n) is 5.35. The third kappa shape index (κ3) is 1.95. The zero-order valence-corrected chi connectivity index (χ0v) is 9.08. The minimum Gasteiger partial charge on any atom is -0.464 e. The molecule has 17 heavy (non-hydrogen) atoms. The molecule has 0 unspecified atom stereocenters. The maximum atomic E-state index is 5.29. The lowest BCUT2D eigenvalue weighted by Crippen LogP contribution is -1.88. The lowest BCUT2D eigenvalue weighted by atomic mass is 10.2. The van der Waals surface area contributed by atoms with Crippen molar-refractivity contribution >= 4 is 0 Å². The van der Waals surface area contributed by atoms with Crippen molar-refractivity contribution in [2.24, 2.45) is 0 Å². The van der Waals surface area contributed by atoms with Crippen LogP contribution < -0.4 is 0 Å². The smallest absolute Gasteiger partial charge is 0.159 e. The molecule has 0 saturated heterocycles. The molecule has 1 aromatic carbocycles. The van der Waals surface area contributed by atoms with Gasteiger partial charge in [0.25, 0.3) is 0 Å². The van der Waals surface area contributed by atoms with Crippen molar-refractivity contribution in [2.45, 2.75) is 0 Å². The van der Waals surface area contributed by atoms with E-state index < -0.39 is 0 Å². The summed E-state index contributed by atoms with van der Waals surface area (Å²) in [6.45, 7) is 0. The molecule has 0 N–H and O–H groups in total. The first-order chi connectivity index (χ1) is 8.43. The Bertz CT molecular complexity index is 586. The van der Waals surface area contributed by atoms with Gasteiger partial charge in [0.05, 0.1) is 11.8 Å². The molecule has 2 heterocycles. The Morgan fingerprint density at radius 1 is 0.765 bits per heavy atom. The third-order valence-corrected chi connectivity index (χ3v) is 2.49. The second-order valence-corrected chi connectivity index (χ2v) is 3.64. The molecule has 0 spiro atoms. The van der Waals surface area contributed by atoms with Crippen LogP contribution in [0.3, 0.4) is 0 Å². The molecule has 0 aliphatic rings. The van der Waals surface area contributed by atoms with Crippen molar-refractivity contribution in [3.63, 3.8) is 0 Å². The number of hydrogen-bond donors (Lipinski definition) is 0. The molecule has 3 heteroatoms. The highest BCUT2D eigenvalue weighted by Gasteiger charge is 2.03. The molecule has 0 amide bonds. The molecule has 0 aliphatic carbocycles. The van der Waals surface area contributed by atoms with Crippen molar-refractivity contribution in [2.75, 3.05) is 0 Å². The Morgan fingerprint density at radius 3 is 2.18 bits per heavy atom. The summed E-state index contributed by atoms with van der Waals surface area (Å²) >= 11 is 0. The van der Waals surface area contributed by atoms with Crippen molar-refractivity contribution in [3.8, 4) is 22.7 Å². The van der Waals surface area contributed by atoms with Gasteiger partial charge in [-0.1, -0.05) is 30.3 Å². The summed E-state index contributed by atoms with van der Waals surface area (Å²) in [6, 6.07) is 13.6. The lowest BCUT2D eigenvalue weighted by Gasteiger charge is -2.00. The normalized spacial score (nSPS) is 10.4. The Morgan fingerprint density at radius 2 is 1.53 bits per heavy atom. The van der Waals surface area contributed by atoms with E-state index in [9.17, 15) is 0 Å². The summed E-state index contributed by atoms with van der Waals surface area (Å²) in [4.78, 5) is 8.67. The molecule has 2 aromatic heterocycles. The summed E-state index contributed by atoms with van der Waals surface area (Å²) in [5, 5.41) is 0. The molecule has 0 aliphatic heterocycles. The molecule has 0 fully saturated rings. The molecular formula is C14H10N2O.